The van der Waals surface area contributed by atoms with Crippen molar-refractivity contribution in [3.05, 3.63) is 11.8 Å². The van der Waals surface area contributed by atoms with Crippen LogP contribution < -0.4 is 5.32 Å². The van der Waals surface area contributed by atoms with Crippen molar-refractivity contribution in [1.82, 2.24) is 15.0 Å². The molecule has 7 nitrogen and oxygen atoms in total. The first kappa shape index (κ1) is 20.4. The molecule has 1 N–H and O–H groups in total. The molecule has 0 atom stereocenters. The number of carbonyl (C=O) groups is 2. The van der Waals surface area contributed by atoms with Gasteiger partial charge in [0.25, 0.3) is 0 Å². The Bertz CT molecular complexity index is 600. The number of aryl methyl sites for hydroxylation is 1. The summed E-state index contributed by atoms with van der Waals surface area (Å²) in [5.41, 5.74) is -0.111. The summed E-state index contributed by atoms with van der Waals surface area (Å²) in [6.07, 6.45) is 4.12. The van der Waals surface area contributed by atoms with Gasteiger partial charge in [0.2, 0.25) is 11.8 Å². The van der Waals surface area contributed by atoms with Crippen LogP contribution in [0.1, 0.15) is 52.2 Å². The summed E-state index contributed by atoms with van der Waals surface area (Å²) in [5.74, 6) is 0.776. The topological polar surface area (TPSA) is 78.7 Å². The van der Waals surface area contributed by atoms with Crippen LogP contribution in [0.3, 0.4) is 0 Å². The van der Waals surface area contributed by atoms with Crippen LogP contribution in [0.15, 0.2) is 10.6 Å². The second-order valence-corrected chi connectivity index (χ2v) is 8.33. The highest BCUT2D eigenvalue weighted by atomic mass is 16.5. The number of aromatic nitrogens is 1. The van der Waals surface area contributed by atoms with Crippen LogP contribution in [0.2, 0.25) is 0 Å². The molecular weight excluding hydrogens is 332 g/mol. The molecule has 1 fully saturated rings. The Labute approximate surface area is 156 Å². The van der Waals surface area contributed by atoms with Gasteiger partial charge >= 0.3 is 0 Å². The summed E-state index contributed by atoms with van der Waals surface area (Å²) in [5, 5.41) is 6.47. The van der Waals surface area contributed by atoms with Gasteiger partial charge in [-0.25, -0.2) is 0 Å². The molecule has 2 amide bonds. The van der Waals surface area contributed by atoms with E-state index < -0.39 is 0 Å². The van der Waals surface area contributed by atoms with Crippen molar-refractivity contribution in [2.24, 2.45) is 5.41 Å². The number of carbonyl (C=O) groups excluding carboxylic acids is 2. The fourth-order valence-electron chi connectivity index (χ4n) is 3.08. The largest absolute Gasteiger partial charge is 0.360 e. The Balaban J connectivity index is 1.93. The number of piperidine rings is 1. The molecule has 1 aliphatic rings. The van der Waals surface area contributed by atoms with Gasteiger partial charge < -0.3 is 19.6 Å². The van der Waals surface area contributed by atoms with Crippen LogP contribution in [0.4, 0.5) is 5.82 Å². The summed E-state index contributed by atoms with van der Waals surface area (Å²) in [4.78, 5) is 29.1. The average molecular weight is 364 g/mol. The van der Waals surface area contributed by atoms with Crippen molar-refractivity contribution < 1.29 is 14.1 Å². The zero-order chi connectivity index (χ0) is 19.2. The van der Waals surface area contributed by atoms with E-state index in [1.54, 1.807) is 17.9 Å². The van der Waals surface area contributed by atoms with E-state index in [1.165, 1.54) is 19.3 Å². The van der Waals surface area contributed by atoms with Gasteiger partial charge in [-0.05, 0) is 38.3 Å². The van der Waals surface area contributed by atoms with Crippen molar-refractivity contribution >= 4 is 17.6 Å². The summed E-state index contributed by atoms with van der Waals surface area (Å²) < 4.78 is 4.96. The van der Waals surface area contributed by atoms with E-state index in [0.717, 1.165) is 19.6 Å². The normalized spacial score (nSPS) is 15.7. The zero-order valence-electron chi connectivity index (χ0n) is 16.5. The number of rotatable bonds is 7. The molecule has 0 unspecified atom stereocenters. The van der Waals surface area contributed by atoms with E-state index in [9.17, 15) is 9.59 Å². The quantitative estimate of drug-likeness (QED) is 0.805. The first-order chi connectivity index (χ1) is 12.2. The van der Waals surface area contributed by atoms with E-state index in [1.807, 2.05) is 20.8 Å². The maximum atomic E-state index is 12.7. The van der Waals surface area contributed by atoms with Crippen LogP contribution in [-0.2, 0) is 9.59 Å². The first-order valence-corrected chi connectivity index (χ1v) is 9.46. The highest BCUT2D eigenvalue weighted by Crippen LogP contribution is 2.20. The summed E-state index contributed by atoms with van der Waals surface area (Å²) in [6.45, 7) is 11.4. The molecule has 0 bridgehead atoms. The number of amides is 2. The molecule has 0 spiro atoms. The van der Waals surface area contributed by atoms with Crippen LogP contribution in [0, 0.1) is 12.3 Å². The monoisotopic (exact) mass is 364 g/mol. The van der Waals surface area contributed by atoms with E-state index in [2.05, 4.69) is 15.4 Å². The highest BCUT2D eigenvalue weighted by molar-refractivity contribution is 5.93. The van der Waals surface area contributed by atoms with Crippen LogP contribution in [0.5, 0.6) is 0 Å². The third-order valence-corrected chi connectivity index (χ3v) is 4.40. The number of hydrogen-bond donors (Lipinski definition) is 1. The lowest BCUT2D eigenvalue weighted by Crippen LogP contribution is -2.44. The van der Waals surface area contributed by atoms with E-state index in [4.69, 9.17) is 4.52 Å². The van der Waals surface area contributed by atoms with Crippen molar-refractivity contribution in [3.63, 3.8) is 0 Å². The number of likely N-dealkylation sites (tertiary alicyclic amines) is 1. The summed E-state index contributed by atoms with van der Waals surface area (Å²) in [6, 6.07) is 1.66. The molecule has 1 aromatic rings. The molecule has 26 heavy (non-hydrogen) atoms. The predicted octanol–water partition coefficient (Wildman–Crippen LogP) is 2.67. The van der Waals surface area contributed by atoms with Crippen molar-refractivity contribution in [3.8, 4) is 0 Å². The van der Waals surface area contributed by atoms with Gasteiger partial charge in [0.1, 0.15) is 5.76 Å². The molecule has 1 aliphatic heterocycles. The molecule has 0 radical (unpaired) electrons. The van der Waals surface area contributed by atoms with Gasteiger partial charge in [-0.2, -0.15) is 0 Å². The lowest BCUT2D eigenvalue weighted by molar-refractivity contribution is -0.136. The predicted molar refractivity (Wildman–Crippen MR) is 101 cm³/mol. The number of nitrogens with zero attached hydrogens (tertiary/aromatic N) is 3. The van der Waals surface area contributed by atoms with Crippen molar-refractivity contribution in [1.29, 1.82) is 0 Å². The first-order valence-electron chi connectivity index (χ1n) is 9.46. The second kappa shape index (κ2) is 9.16. The maximum Gasteiger partial charge on any atom is 0.245 e. The lowest BCUT2D eigenvalue weighted by Gasteiger charge is -2.31. The van der Waals surface area contributed by atoms with E-state index in [0.29, 0.717) is 24.5 Å². The average Bonchev–Trinajstić information content (AvgIpc) is 2.95. The Kier molecular flexibility index (Phi) is 7.20. The Morgan fingerprint density at radius 2 is 1.96 bits per heavy atom. The molecule has 7 heteroatoms. The van der Waals surface area contributed by atoms with Gasteiger partial charge in [-0.3, -0.25) is 9.59 Å². The highest BCUT2D eigenvalue weighted by Gasteiger charge is 2.24. The lowest BCUT2D eigenvalue weighted by atomic mass is 9.91. The third-order valence-electron chi connectivity index (χ3n) is 4.40. The maximum absolute atomic E-state index is 12.7. The van der Waals surface area contributed by atoms with Crippen LogP contribution >= 0.6 is 0 Å². The molecule has 1 aromatic heterocycles. The Hall–Kier alpha value is -1.89. The molecule has 2 rings (SSSR count). The fraction of sp³-hybridized carbons (Fsp3) is 0.737. The number of hydrogen-bond acceptors (Lipinski definition) is 5. The number of anilines is 1. The minimum absolute atomic E-state index is 0.0148. The molecule has 0 saturated carbocycles. The van der Waals surface area contributed by atoms with Crippen LogP contribution in [-0.4, -0.2) is 59.5 Å². The van der Waals surface area contributed by atoms with Gasteiger partial charge in [0.15, 0.2) is 5.82 Å². The minimum Gasteiger partial charge on any atom is -0.360 e. The molecular formula is C19H32N4O3. The molecule has 0 aromatic carbocycles. The molecule has 2 heterocycles. The standard InChI is InChI=1S/C19H32N4O3/c1-15-12-16(21-26-15)20-17(24)14-23(18(25)13-19(2,3)4)11-10-22-8-6-5-7-9-22/h12H,5-11,13-14H2,1-4H3,(H,20,21,24). The minimum atomic E-state index is -0.251. The van der Waals surface area contributed by atoms with E-state index in [-0.39, 0.29) is 23.8 Å². The summed E-state index contributed by atoms with van der Waals surface area (Å²) >= 11 is 0. The van der Waals surface area contributed by atoms with Gasteiger partial charge in [-0.15, -0.1) is 0 Å². The second-order valence-electron chi connectivity index (χ2n) is 8.33. The molecule has 0 aliphatic carbocycles. The van der Waals surface area contributed by atoms with Gasteiger partial charge in [0, 0.05) is 25.6 Å². The Morgan fingerprint density at radius 3 is 2.54 bits per heavy atom. The fourth-order valence-corrected chi connectivity index (χ4v) is 3.08. The van der Waals surface area contributed by atoms with Gasteiger partial charge in [0.05, 0.1) is 6.54 Å². The smallest absolute Gasteiger partial charge is 0.245 e. The molecule has 146 valence electrons. The SMILES string of the molecule is Cc1cc(NC(=O)CN(CCN2CCCCC2)C(=O)CC(C)(C)C)no1. The van der Waals surface area contributed by atoms with Gasteiger partial charge in [-0.1, -0.05) is 32.3 Å². The zero-order valence-corrected chi connectivity index (χ0v) is 16.5. The molecule has 1 saturated heterocycles. The Morgan fingerprint density at radius 1 is 1.27 bits per heavy atom. The number of nitrogens with one attached hydrogen (secondary N) is 1. The summed E-state index contributed by atoms with van der Waals surface area (Å²) in [7, 11) is 0. The van der Waals surface area contributed by atoms with Crippen molar-refractivity contribution in [2.45, 2.75) is 53.4 Å². The third kappa shape index (κ3) is 7.15. The van der Waals surface area contributed by atoms with Crippen LogP contribution in [0.25, 0.3) is 0 Å². The van der Waals surface area contributed by atoms with E-state index >= 15 is 0 Å². The van der Waals surface area contributed by atoms with Crippen molar-refractivity contribution in [2.75, 3.05) is 38.0 Å².